The van der Waals surface area contributed by atoms with E-state index < -0.39 is 0 Å². The number of amides is 1. The van der Waals surface area contributed by atoms with Gasteiger partial charge in [-0.25, -0.2) is 0 Å². The molecule has 0 aliphatic heterocycles. The van der Waals surface area contributed by atoms with Crippen LogP contribution in [0.15, 0.2) is 51.4 Å². The summed E-state index contributed by atoms with van der Waals surface area (Å²) in [5.41, 5.74) is 1.24. The standard InChI is InChI=1S/C16H13N3O3S2/c1-10(20)11-4-6-12(7-5-11)17-14(21)9-24-16-19-18-15(22-16)13-3-2-8-23-13/h2-8H,9H2,1H3,(H,17,21). The van der Waals surface area contributed by atoms with E-state index in [4.69, 9.17) is 4.42 Å². The van der Waals surface area contributed by atoms with E-state index >= 15 is 0 Å². The van der Waals surface area contributed by atoms with Gasteiger partial charge in [-0.15, -0.1) is 21.5 Å². The van der Waals surface area contributed by atoms with E-state index in [1.54, 1.807) is 24.3 Å². The van der Waals surface area contributed by atoms with Crippen molar-refractivity contribution in [2.45, 2.75) is 12.1 Å². The topological polar surface area (TPSA) is 85.1 Å². The van der Waals surface area contributed by atoms with Crippen LogP contribution in [0.2, 0.25) is 0 Å². The van der Waals surface area contributed by atoms with Gasteiger partial charge in [-0.2, -0.15) is 0 Å². The Labute approximate surface area is 146 Å². The number of carbonyl (C=O) groups is 2. The van der Waals surface area contributed by atoms with Gasteiger partial charge in [0.1, 0.15) is 0 Å². The molecule has 0 fully saturated rings. The zero-order valence-electron chi connectivity index (χ0n) is 12.7. The second kappa shape index (κ2) is 7.41. The Morgan fingerprint density at radius 2 is 2.00 bits per heavy atom. The highest BCUT2D eigenvalue weighted by molar-refractivity contribution is 7.99. The molecule has 1 aromatic carbocycles. The minimum absolute atomic E-state index is 0.0126. The number of Topliss-reactive ketones (excluding diaryl/α,β-unsaturated/α-hetero) is 1. The summed E-state index contributed by atoms with van der Waals surface area (Å²) < 4.78 is 5.50. The van der Waals surface area contributed by atoms with Crippen LogP contribution in [-0.4, -0.2) is 27.6 Å². The number of anilines is 1. The molecule has 2 aromatic heterocycles. The van der Waals surface area contributed by atoms with Gasteiger partial charge in [0.25, 0.3) is 11.1 Å². The molecule has 122 valence electrons. The predicted octanol–water partition coefficient (Wildman–Crippen LogP) is 3.73. The minimum Gasteiger partial charge on any atom is -0.410 e. The average molecular weight is 359 g/mol. The number of rotatable bonds is 6. The van der Waals surface area contributed by atoms with Crippen LogP contribution in [0.5, 0.6) is 0 Å². The molecule has 0 atom stereocenters. The lowest BCUT2D eigenvalue weighted by molar-refractivity contribution is -0.113. The van der Waals surface area contributed by atoms with E-state index in [0.29, 0.717) is 22.4 Å². The second-order valence-corrected chi connectivity index (χ2v) is 6.70. The van der Waals surface area contributed by atoms with Crippen molar-refractivity contribution in [3.05, 3.63) is 47.3 Å². The highest BCUT2D eigenvalue weighted by Gasteiger charge is 2.12. The third-order valence-corrected chi connectivity index (χ3v) is 4.72. The Morgan fingerprint density at radius 3 is 2.67 bits per heavy atom. The SMILES string of the molecule is CC(=O)c1ccc(NC(=O)CSc2nnc(-c3cccs3)o2)cc1. The number of thioether (sulfide) groups is 1. The maximum absolute atomic E-state index is 12.0. The Bertz CT molecular complexity index is 842. The van der Waals surface area contributed by atoms with Gasteiger partial charge >= 0.3 is 0 Å². The van der Waals surface area contributed by atoms with Crippen LogP contribution < -0.4 is 5.32 Å². The minimum atomic E-state index is -0.188. The normalized spacial score (nSPS) is 10.5. The van der Waals surface area contributed by atoms with E-state index in [0.717, 1.165) is 4.88 Å². The fourth-order valence-electron chi connectivity index (χ4n) is 1.88. The van der Waals surface area contributed by atoms with Crippen LogP contribution >= 0.6 is 23.1 Å². The molecule has 2 heterocycles. The van der Waals surface area contributed by atoms with Gasteiger partial charge in [0, 0.05) is 11.3 Å². The van der Waals surface area contributed by atoms with Crippen LogP contribution in [-0.2, 0) is 4.79 Å². The van der Waals surface area contributed by atoms with E-state index in [2.05, 4.69) is 15.5 Å². The number of ketones is 1. The van der Waals surface area contributed by atoms with E-state index in [-0.39, 0.29) is 17.4 Å². The fourth-order valence-corrected chi connectivity index (χ4v) is 3.09. The molecule has 0 aliphatic rings. The fraction of sp³-hybridized carbons (Fsp3) is 0.125. The monoisotopic (exact) mass is 359 g/mol. The lowest BCUT2D eigenvalue weighted by atomic mass is 10.1. The molecule has 0 saturated carbocycles. The van der Waals surface area contributed by atoms with Crippen molar-refractivity contribution in [1.82, 2.24) is 10.2 Å². The second-order valence-electron chi connectivity index (χ2n) is 4.82. The van der Waals surface area contributed by atoms with Gasteiger partial charge in [0.2, 0.25) is 5.91 Å². The molecule has 8 heteroatoms. The summed E-state index contributed by atoms with van der Waals surface area (Å²) in [4.78, 5) is 24.1. The first kappa shape index (κ1) is 16.4. The van der Waals surface area contributed by atoms with E-state index in [9.17, 15) is 9.59 Å². The maximum Gasteiger partial charge on any atom is 0.277 e. The number of benzene rings is 1. The molecule has 0 unspecified atom stereocenters. The predicted molar refractivity (Wildman–Crippen MR) is 93.4 cm³/mol. The van der Waals surface area contributed by atoms with E-state index in [1.807, 2.05) is 17.5 Å². The number of hydrogen-bond donors (Lipinski definition) is 1. The Hall–Kier alpha value is -2.45. The number of thiophene rings is 1. The van der Waals surface area contributed by atoms with Gasteiger partial charge in [-0.05, 0) is 42.6 Å². The molecular weight excluding hydrogens is 346 g/mol. The van der Waals surface area contributed by atoms with Gasteiger partial charge in [-0.1, -0.05) is 17.8 Å². The Kier molecular flexibility index (Phi) is 5.07. The van der Waals surface area contributed by atoms with Gasteiger partial charge in [0.15, 0.2) is 5.78 Å². The van der Waals surface area contributed by atoms with Crippen molar-refractivity contribution < 1.29 is 14.0 Å². The molecule has 0 aliphatic carbocycles. The van der Waals surface area contributed by atoms with Crippen LogP contribution in [0.1, 0.15) is 17.3 Å². The number of carbonyl (C=O) groups excluding carboxylic acids is 2. The average Bonchev–Trinajstić information content (AvgIpc) is 3.25. The summed E-state index contributed by atoms with van der Waals surface area (Å²) in [5.74, 6) is 0.404. The largest absolute Gasteiger partial charge is 0.410 e. The lowest BCUT2D eigenvalue weighted by Gasteiger charge is -2.04. The first-order chi connectivity index (χ1) is 11.6. The van der Waals surface area contributed by atoms with Gasteiger partial charge < -0.3 is 9.73 Å². The highest BCUT2D eigenvalue weighted by Crippen LogP contribution is 2.26. The highest BCUT2D eigenvalue weighted by atomic mass is 32.2. The number of aromatic nitrogens is 2. The molecule has 0 bridgehead atoms. The van der Waals surface area contributed by atoms with Crippen LogP contribution in [0.25, 0.3) is 10.8 Å². The molecule has 0 saturated heterocycles. The molecule has 1 N–H and O–H groups in total. The lowest BCUT2D eigenvalue weighted by Crippen LogP contribution is -2.14. The van der Waals surface area contributed by atoms with Crippen molar-refractivity contribution in [2.24, 2.45) is 0 Å². The van der Waals surface area contributed by atoms with Crippen molar-refractivity contribution in [3.63, 3.8) is 0 Å². The van der Waals surface area contributed by atoms with Crippen LogP contribution in [0, 0.1) is 0 Å². The third kappa shape index (κ3) is 4.09. The zero-order valence-corrected chi connectivity index (χ0v) is 14.3. The molecular formula is C16H13N3O3S2. The summed E-state index contributed by atoms with van der Waals surface area (Å²) in [6.07, 6.45) is 0. The molecule has 3 aromatic rings. The smallest absolute Gasteiger partial charge is 0.277 e. The molecule has 0 spiro atoms. The summed E-state index contributed by atoms with van der Waals surface area (Å²) in [7, 11) is 0. The van der Waals surface area contributed by atoms with Crippen LogP contribution in [0.4, 0.5) is 5.69 Å². The van der Waals surface area contributed by atoms with Crippen molar-refractivity contribution in [1.29, 1.82) is 0 Å². The first-order valence-electron chi connectivity index (χ1n) is 7.03. The molecule has 6 nitrogen and oxygen atoms in total. The maximum atomic E-state index is 12.0. The van der Waals surface area contributed by atoms with Gasteiger partial charge in [0.05, 0.1) is 10.6 Å². The molecule has 1 amide bonds. The van der Waals surface area contributed by atoms with Crippen molar-refractivity contribution in [2.75, 3.05) is 11.1 Å². The third-order valence-electron chi connectivity index (χ3n) is 3.04. The van der Waals surface area contributed by atoms with Gasteiger partial charge in [-0.3, -0.25) is 9.59 Å². The van der Waals surface area contributed by atoms with Crippen LogP contribution in [0.3, 0.4) is 0 Å². The van der Waals surface area contributed by atoms with Crippen molar-refractivity contribution >= 4 is 40.5 Å². The quantitative estimate of drug-likeness (QED) is 0.533. The summed E-state index contributed by atoms with van der Waals surface area (Å²) in [6, 6.07) is 10.5. The van der Waals surface area contributed by atoms with Crippen molar-refractivity contribution in [3.8, 4) is 10.8 Å². The number of hydrogen-bond acceptors (Lipinski definition) is 7. The summed E-state index contributed by atoms with van der Waals surface area (Å²) in [6.45, 7) is 1.50. The molecule has 0 radical (unpaired) electrons. The number of nitrogens with one attached hydrogen (secondary N) is 1. The summed E-state index contributed by atoms with van der Waals surface area (Å²) in [5, 5.41) is 12.9. The number of nitrogens with zero attached hydrogens (tertiary/aromatic N) is 2. The summed E-state index contributed by atoms with van der Waals surface area (Å²) >= 11 is 2.68. The Balaban J connectivity index is 1.53. The van der Waals surface area contributed by atoms with E-state index in [1.165, 1.54) is 30.0 Å². The zero-order chi connectivity index (χ0) is 16.9. The Morgan fingerprint density at radius 1 is 1.21 bits per heavy atom. The molecule has 24 heavy (non-hydrogen) atoms. The first-order valence-corrected chi connectivity index (χ1v) is 8.89. The molecule has 3 rings (SSSR count).